The van der Waals surface area contributed by atoms with Gasteiger partial charge in [-0.15, -0.1) is 0 Å². The van der Waals surface area contributed by atoms with Crippen molar-refractivity contribution in [3.8, 4) is 0 Å². The predicted molar refractivity (Wildman–Crippen MR) is 40.7 cm³/mol. The van der Waals surface area contributed by atoms with Crippen molar-refractivity contribution < 1.29 is 13.9 Å². The third-order valence-corrected chi connectivity index (χ3v) is 1.20. The monoisotopic (exact) mass is 165 g/mol. The maximum absolute atomic E-state index is 10.4. The first kappa shape index (κ1) is 9.50. The molecule has 0 heterocycles. The van der Waals surface area contributed by atoms with Crippen molar-refractivity contribution >= 4 is 13.9 Å². The maximum atomic E-state index is 10.4. The van der Waals surface area contributed by atoms with Gasteiger partial charge in [-0.05, 0) is 6.92 Å². The molecule has 0 N–H and O–H groups in total. The van der Waals surface area contributed by atoms with E-state index in [-0.39, 0.29) is 0 Å². The van der Waals surface area contributed by atoms with Crippen LogP contribution >= 0.6 is 8.03 Å². The lowest BCUT2D eigenvalue weighted by Crippen LogP contribution is -1.93. The van der Waals surface area contributed by atoms with Gasteiger partial charge in [0.15, 0.2) is 0 Å². The van der Waals surface area contributed by atoms with E-state index >= 15 is 0 Å². The summed E-state index contributed by atoms with van der Waals surface area (Å²) in [4.78, 5) is 4.64. The fourth-order valence-corrected chi connectivity index (χ4v) is 0.835. The van der Waals surface area contributed by atoms with Crippen LogP contribution in [0.1, 0.15) is 13.8 Å². The second kappa shape index (κ2) is 5.30. The number of nitrogens with zero attached hydrogens (tertiary/aromatic N) is 1. The van der Waals surface area contributed by atoms with E-state index in [4.69, 9.17) is 4.52 Å². The van der Waals surface area contributed by atoms with Crippen molar-refractivity contribution in [1.82, 2.24) is 0 Å². The average Bonchev–Trinajstić information content (AvgIpc) is 1.82. The quantitative estimate of drug-likeness (QED) is 0.275. The molecular weight excluding hydrogens is 153 g/mol. The molecule has 0 radical (unpaired) electrons. The van der Waals surface area contributed by atoms with E-state index in [2.05, 4.69) is 9.99 Å². The molecule has 0 aliphatic rings. The lowest BCUT2D eigenvalue weighted by atomic mass is 10.8. The van der Waals surface area contributed by atoms with Crippen molar-refractivity contribution in [3.05, 3.63) is 0 Å². The molecule has 0 aromatic carbocycles. The minimum atomic E-state index is -1.92. The molecule has 60 valence electrons. The van der Waals surface area contributed by atoms with Gasteiger partial charge in [-0.25, -0.2) is 0 Å². The fourth-order valence-electron chi connectivity index (χ4n) is 0.382. The van der Waals surface area contributed by atoms with Crippen molar-refractivity contribution in [2.24, 2.45) is 5.16 Å². The molecule has 0 aliphatic heterocycles. The van der Waals surface area contributed by atoms with Crippen LogP contribution in [0.3, 0.4) is 0 Å². The van der Waals surface area contributed by atoms with Gasteiger partial charge in [0, 0.05) is 13.6 Å². The summed E-state index contributed by atoms with van der Waals surface area (Å²) in [7, 11) is -1.92. The molecule has 0 saturated carbocycles. The van der Waals surface area contributed by atoms with Crippen LogP contribution in [0.4, 0.5) is 0 Å². The lowest BCUT2D eigenvalue weighted by molar-refractivity contribution is 0.153. The lowest BCUT2D eigenvalue weighted by Gasteiger charge is -1.99. The summed E-state index contributed by atoms with van der Waals surface area (Å²) in [6, 6.07) is 0. The second-order valence-electron chi connectivity index (χ2n) is 1.62. The molecule has 0 fully saturated rings. The smallest absolute Gasteiger partial charge is 0.235 e. The minimum Gasteiger partial charge on any atom is -0.428 e. The predicted octanol–water partition coefficient (Wildman–Crippen LogP) is 1.48. The summed E-state index contributed by atoms with van der Waals surface area (Å²) in [5.41, 5.74) is 0. The summed E-state index contributed by atoms with van der Waals surface area (Å²) < 4.78 is 15.2. The van der Waals surface area contributed by atoms with Crippen LogP contribution in [0.5, 0.6) is 0 Å². The summed E-state index contributed by atoms with van der Waals surface area (Å²) in [5.74, 6) is 0.313. The van der Waals surface area contributed by atoms with Gasteiger partial charge >= 0.3 is 0 Å². The Hall–Kier alpha value is -0.500. The molecule has 4 nitrogen and oxygen atoms in total. The molecule has 0 saturated heterocycles. The Morgan fingerprint density at radius 3 is 2.70 bits per heavy atom. The van der Waals surface area contributed by atoms with E-state index in [1.54, 1.807) is 6.92 Å². The molecule has 0 bridgehead atoms. The highest BCUT2D eigenvalue weighted by molar-refractivity contribution is 7.38. The van der Waals surface area contributed by atoms with Crippen LogP contribution in [0, 0.1) is 0 Å². The zero-order valence-electron chi connectivity index (χ0n) is 6.38. The van der Waals surface area contributed by atoms with Gasteiger partial charge in [0.05, 0.1) is 0 Å². The third-order valence-electron chi connectivity index (χ3n) is 0.614. The van der Waals surface area contributed by atoms with Crippen LogP contribution in [0.25, 0.3) is 0 Å². The van der Waals surface area contributed by atoms with Crippen LogP contribution in [0.2, 0.25) is 0 Å². The van der Waals surface area contributed by atoms with Crippen molar-refractivity contribution in [1.29, 1.82) is 0 Å². The maximum Gasteiger partial charge on any atom is 0.235 e. The average molecular weight is 165 g/mol. The van der Waals surface area contributed by atoms with Gasteiger partial charge in [0.25, 0.3) is 0 Å². The Morgan fingerprint density at radius 1 is 1.70 bits per heavy atom. The van der Waals surface area contributed by atoms with Gasteiger partial charge in [-0.1, -0.05) is 5.16 Å². The van der Waals surface area contributed by atoms with E-state index in [9.17, 15) is 4.57 Å². The highest BCUT2D eigenvalue weighted by Gasteiger charge is 1.92. The van der Waals surface area contributed by atoms with Crippen LogP contribution < -0.4 is 0 Å². The molecule has 0 rings (SSSR count). The topological polar surface area (TPSA) is 47.9 Å². The molecule has 0 spiro atoms. The first-order valence-electron chi connectivity index (χ1n) is 3.01. The highest BCUT2D eigenvalue weighted by Crippen LogP contribution is 2.15. The zero-order valence-corrected chi connectivity index (χ0v) is 7.38. The molecule has 10 heavy (non-hydrogen) atoms. The standard InChI is InChI=1S/C5H12NO3P/c1-4-8-6-5(2)9-10(3)7/h10H,4H2,1-3H3/b6-5-. The van der Waals surface area contributed by atoms with Crippen molar-refractivity contribution in [3.63, 3.8) is 0 Å². The SMILES string of the molecule is CCO/N=C(/C)O[PH](C)=O. The summed E-state index contributed by atoms with van der Waals surface area (Å²) in [5, 5.41) is 3.50. The van der Waals surface area contributed by atoms with Gasteiger partial charge in [-0.3, -0.25) is 4.57 Å². The zero-order chi connectivity index (χ0) is 7.98. The second-order valence-corrected chi connectivity index (χ2v) is 2.81. The van der Waals surface area contributed by atoms with Gasteiger partial charge in [-0.2, -0.15) is 0 Å². The number of hydrogen-bond donors (Lipinski definition) is 0. The van der Waals surface area contributed by atoms with E-state index in [1.807, 2.05) is 6.92 Å². The first-order chi connectivity index (χ1) is 4.66. The normalized spacial score (nSPS) is 14.5. The fraction of sp³-hybridized carbons (Fsp3) is 0.800. The Kier molecular flexibility index (Phi) is 5.03. The minimum absolute atomic E-state index is 0.313. The molecule has 0 aromatic rings. The van der Waals surface area contributed by atoms with Crippen LogP contribution in [-0.2, 0) is 13.9 Å². The third kappa shape index (κ3) is 5.63. The molecule has 1 atom stereocenters. The van der Waals surface area contributed by atoms with Crippen LogP contribution in [-0.4, -0.2) is 19.2 Å². The molecule has 5 heteroatoms. The summed E-state index contributed by atoms with van der Waals surface area (Å²) in [6.45, 7) is 5.40. The van der Waals surface area contributed by atoms with Crippen LogP contribution in [0.15, 0.2) is 5.16 Å². The van der Waals surface area contributed by atoms with E-state index in [1.165, 1.54) is 6.66 Å². The summed E-state index contributed by atoms with van der Waals surface area (Å²) >= 11 is 0. The Bertz CT molecular complexity index is 146. The Labute approximate surface area is 61.1 Å². The Morgan fingerprint density at radius 2 is 2.30 bits per heavy atom. The number of rotatable bonds is 3. The molecular formula is C5H12NO3P. The largest absolute Gasteiger partial charge is 0.428 e. The highest BCUT2D eigenvalue weighted by atomic mass is 31.1. The molecule has 0 aromatic heterocycles. The Balaban J connectivity index is 3.59. The van der Waals surface area contributed by atoms with Gasteiger partial charge in [0.1, 0.15) is 6.61 Å². The van der Waals surface area contributed by atoms with Gasteiger partial charge < -0.3 is 9.36 Å². The molecule has 1 unspecified atom stereocenters. The van der Waals surface area contributed by atoms with Crippen molar-refractivity contribution in [2.75, 3.05) is 13.3 Å². The van der Waals surface area contributed by atoms with E-state index < -0.39 is 8.03 Å². The molecule has 0 amide bonds. The summed E-state index contributed by atoms with van der Waals surface area (Å²) in [6.07, 6.45) is 0. The van der Waals surface area contributed by atoms with E-state index in [0.717, 1.165) is 0 Å². The number of oxime groups is 1. The molecule has 0 aliphatic carbocycles. The van der Waals surface area contributed by atoms with E-state index in [0.29, 0.717) is 12.5 Å². The van der Waals surface area contributed by atoms with Crippen molar-refractivity contribution in [2.45, 2.75) is 13.8 Å². The first-order valence-corrected chi connectivity index (χ1v) is 4.83. The number of hydrogen-bond acceptors (Lipinski definition) is 4. The van der Waals surface area contributed by atoms with Gasteiger partial charge in [0.2, 0.25) is 13.9 Å².